The molecule has 24 heavy (non-hydrogen) atoms. The molecule has 126 valence electrons. The molecule has 2 fully saturated rings. The number of fused-ring (bicyclic) bond motifs is 2. The second-order valence-corrected chi connectivity index (χ2v) is 7.05. The molecule has 2 atom stereocenters. The van der Waals surface area contributed by atoms with Gasteiger partial charge in [-0.3, -0.25) is 4.90 Å². The number of likely N-dealkylation sites (tertiary alicyclic amines) is 2. The topological polar surface area (TPSA) is 15.7 Å². The van der Waals surface area contributed by atoms with Gasteiger partial charge in [-0.05, 0) is 24.6 Å². The lowest BCUT2D eigenvalue weighted by Gasteiger charge is -2.32. The molecule has 0 radical (unpaired) electrons. The molecule has 3 heteroatoms. The second-order valence-electron chi connectivity index (χ2n) is 7.05. The van der Waals surface area contributed by atoms with Crippen LogP contribution in [0.1, 0.15) is 23.7 Å². The molecule has 2 saturated heterocycles. The van der Waals surface area contributed by atoms with Gasteiger partial charge in [-0.25, -0.2) is 0 Å². The summed E-state index contributed by atoms with van der Waals surface area (Å²) in [5.74, 6) is 0. The average molecular weight is 322 g/mol. The van der Waals surface area contributed by atoms with Crippen molar-refractivity contribution in [2.45, 2.75) is 24.6 Å². The number of nitrogens with zero attached hydrogens (tertiary/aromatic N) is 2. The van der Waals surface area contributed by atoms with Gasteiger partial charge < -0.3 is 9.64 Å². The number of hydrogen-bond acceptors (Lipinski definition) is 3. The molecular formula is C21H26N2O. The molecule has 2 heterocycles. The van der Waals surface area contributed by atoms with Crippen LogP contribution in [-0.2, 0) is 4.74 Å². The van der Waals surface area contributed by atoms with Crippen LogP contribution >= 0.6 is 0 Å². The highest BCUT2D eigenvalue weighted by molar-refractivity contribution is 5.29. The van der Waals surface area contributed by atoms with Crippen molar-refractivity contribution >= 4 is 0 Å². The van der Waals surface area contributed by atoms with Crippen LogP contribution in [0.15, 0.2) is 60.7 Å². The van der Waals surface area contributed by atoms with Crippen LogP contribution in [-0.4, -0.2) is 55.2 Å². The normalized spacial score (nSPS) is 24.1. The maximum absolute atomic E-state index is 6.36. The van der Waals surface area contributed by atoms with E-state index < -0.39 is 0 Å². The standard InChI is InChI=1S/C21H26N2O/c1-22-15-20-14-19(22)16-23(20)12-13-24-21(17-8-4-2-5-9-17)18-10-6-3-7-11-18/h2-11,19-21H,12-16H2,1H3/t19-,20-/m0/s1. The van der Waals surface area contributed by atoms with Gasteiger partial charge in [0.15, 0.2) is 0 Å². The van der Waals surface area contributed by atoms with E-state index in [0.29, 0.717) is 0 Å². The Bertz CT molecular complexity index is 604. The largest absolute Gasteiger partial charge is 0.367 e. The van der Waals surface area contributed by atoms with E-state index in [1.54, 1.807) is 0 Å². The van der Waals surface area contributed by atoms with Crippen molar-refractivity contribution in [3.8, 4) is 0 Å². The molecule has 0 amide bonds. The summed E-state index contributed by atoms with van der Waals surface area (Å²) in [6.07, 6.45) is 1.35. The lowest BCUT2D eigenvalue weighted by Crippen LogP contribution is -2.45. The molecule has 3 nitrogen and oxygen atoms in total. The highest BCUT2D eigenvalue weighted by Crippen LogP contribution is 2.30. The highest BCUT2D eigenvalue weighted by atomic mass is 16.5. The van der Waals surface area contributed by atoms with Crippen LogP contribution in [0.4, 0.5) is 0 Å². The van der Waals surface area contributed by atoms with Gasteiger partial charge in [0.1, 0.15) is 6.10 Å². The number of likely N-dealkylation sites (N-methyl/N-ethyl adjacent to an activating group) is 1. The first-order valence-electron chi connectivity index (χ1n) is 8.97. The van der Waals surface area contributed by atoms with Crippen molar-refractivity contribution < 1.29 is 4.74 Å². The molecule has 2 aromatic carbocycles. The number of ether oxygens (including phenoxy) is 1. The molecule has 0 unspecified atom stereocenters. The second kappa shape index (κ2) is 7.06. The Morgan fingerprint density at radius 2 is 1.54 bits per heavy atom. The minimum atomic E-state index is 0.0230. The van der Waals surface area contributed by atoms with Crippen LogP contribution in [0, 0.1) is 0 Å². The summed E-state index contributed by atoms with van der Waals surface area (Å²) >= 11 is 0. The Kier molecular flexibility index (Phi) is 4.65. The van der Waals surface area contributed by atoms with E-state index in [9.17, 15) is 0 Å². The van der Waals surface area contributed by atoms with Crippen molar-refractivity contribution in [2.24, 2.45) is 0 Å². The lowest BCUT2D eigenvalue weighted by atomic mass is 10.0. The fourth-order valence-corrected chi connectivity index (χ4v) is 4.15. The summed E-state index contributed by atoms with van der Waals surface area (Å²) < 4.78 is 6.36. The molecule has 2 bridgehead atoms. The minimum absolute atomic E-state index is 0.0230. The van der Waals surface area contributed by atoms with E-state index in [2.05, 4.69) is 77.5 Å². The quantitative estimate of drug-likeness (QED) is 0.812. The zero-order chi connectivity index (χ0) is 16.4. The summed E-state index contributed by atoms with van der Waals surface area (Å²) in [5, 5.41) is 0. The molecule has 2 aliphatic rings. The minimum Gasteiger partial charge on any atom is -0.367 e. The molecule has 2 aromatic rings. The van der Waals surface area contributed by atoms with E-state index in [1.165, 1.54) is 30.6 Å². The van der Waals surface area contributed by atoms with Crippen molar-refractivity contribution in [3.05, 3.63) is 71.8 Å². The third kappa shape index (κ3) is 3.25. The first-order valence-corrected chi connectivity index (χ1v) is 8.97. The smallest absolute Gasteiger partial charge is 0.108 e. The monoisotopic (exact) mass is 322 g/mol. The maximum Gasteiger partial charge on any atom is 0.108 e. The molecular weight excluding hydrogens is 296 g/mol. The van der Waals surface area contributed by atoms with Crippen LogP contribution in [0.5, 0.6) is 0 Å². The summed E-state index contributed by atoms with van der Waals surface area (Å²) in [6, 6.07) is 22.6. The molecule has 4 rings (SSSR count). The predicted molar refractivity (Wildman–Crippen MR) is 97.1 cm³/mol. The first-order chi connectivity index (χ1) is 11.8. The third-order valence-corrected chi connectivity index (χ3v) is 5.50. The SMILES string of the molecule is CN1C[C@@H]2C[C@H]1CN2CCOC(c1ccccc1)c1ccccc1. The van der Waals surface area contributed by atoms with Crippen LogP contribution in [0.25, 0.3) is 0 Å². The van der Waals surface area contributed by atoms with Crippen molar-refractivity contribution in [2.75, 3.05) is 33.3 Å². The van der Waals surface area contributed by atoms with Crippen LogP contribution in [0.3, 0.4) is 0 Å². The first kappa shape index (κ1) is 15.8. The predicted octanol–water partition coefficient (Wildman–Crippen LogP) is 3.18. The number of rotatable bonds is 6. The number of benzene rings is 2. The van der Waals surface area contributed by atoms with Gasteiger partial charge in [0.2, 0.25) is 0 Å². The number of piperazine rings is 1. The van der Waals surface area contributed by atoms with Crippen molar-refractivity contribution in [3.63, 3.8) is 0 Å². The Morgan fingerprint density at radius 3 is 2.04 bits per heavy atom. The molecule has 0 N–H and O–H groups in total. The molecule has 0 aromatic heterocycles. The molecule has 2 aliphatic heterocycles. The molecule has 0 spiro atoms. The van der Waals surface area contributed by atoms with E-state index >= 15 is 0 Å². The molecule has 0 aliphatic carbocycles. The van der Waals surface area contributed by atoms with E-state index in [0.717, 1.165) is 25.2 Å². The Morgan fingerprint density at radius 1 is 0.917 bits per heavy atom. The summed E-state index contributed by atoms with van der Waals surface area (Å²) in [7, 11) is 2.25. The highest BCUT2D eigenvalue weighted by Gasteiger charge is 2.40. The van der Waals surface area contributed by atoms with Gasteiger partial charge in [0.05, 0.1) is 6.61 Å². The van der Waals surface area contributed by atoms with Crippen molar-refractivity contribution in [1.82, 2.24) is 9.80 Å². The van der Waals surface area contributed by atoms with Gasteiger partial charge in [-0.1, -0.05) is 60.7 Å². The van der Waals surface area contributed by atoms with Gasteiger partial charge in [-0.2, -0.15) is 0 Å². The summed E-state index contributed by atoms with van der Waals surface area (Å²) in [5.41, 5.74) is 2.46. The van der Waals surface area contributed by atoms with Gasteiger partial charge >= 0.3 is 0 Å². The van der Waals surface area contributed by atoms with E-state index in [4.69, 9.17) is 4.74 Å². The molecule has 0 saturated carbocycles. The van der Waals surface area contributed by atoms with Gasteiger partial charge in [0, 0.05) is 31.7 Å². The van der Waals surface area contributed by atoms with Crippen LogP contribution < -0.4 is 0 Å². The van der Waals surface area contributed by atoms with Crippen molar-refractivity contribution in [1.29, 1.82) is 0 Å². The Balaban J connectivity index is 1.40. The van der Waals surface area contributed by atoms with Crippen LogP contribution in [0.2, 0.25) is 0 Å². The van der Waals surface area contributed by atoms with Gasteiger partial charge in [-0.15, -0.1) is 0 Å². The van der Waals surface area contributed by atoms with E-state index in [-0.39, 0.29) is 6.10 Å². The maximum atomic E-state index is 6.36. The average Bonchev–Trinajstić information content (AvgIpc) is 3.19. The lowest BCUT2D eigenvalue weighted by molar-refractivity contribution is 0.0464. The van der Waals surface area contributed by atoms with Gasteiger partial charge in [0.25, 0.3) is 0 Å². The zero-order valence-electron chi connectivity index (χ0n) is 14.3. The zero-order valence-corrected chi connectivity index (χ0v) is 14.3. The number of hydrogen-bond donors (Lipinski definition) is 0. The third-order valence-electron chi connectivity index (χ3n) is 5.50. The Hall–Kier alpha value is -1.68. The van der Waals surface area contributed by atoms with E-state index in [1.807, 2.05) is 0 Å². The summed E-state index contributed by atoms with van der Waals surface area (Å²) in [6.45, 7) is 4.23. The fourth-order valence-electron chi connectivity index (χ4n) is 4.15. The summed E-state index contributed by atoms with van der Waals surface area (Å²) in [4.78, 5) is 5.11. The Labute approximate surface area is 144 Å². The fraction of sp³-hybridized carbons (Fsp3) is 0.429.